The van der Waals surface area contributed by atoms with Gasteiger partial charge in [0.15, 0.2) is 13.2 Å². The molecule has 2 rings (SSSR count). The van der Waals surface area contributed by atoms with Crippen LogP contribution in [0.3, 0.4) is 0 Å². The molecule has 44 heavy (non-hydrogen) atoms. The lowest BCUT2D eigenvalue weighted by atomic mass is 9.90. The molecule has 18 heteroatoms. The number of aromatic nitrogens is 2. The summed E-state index contributed by atoms with van der Waals surface area (Å²) in [4.78, 5) is 52.7. The zero-order valence-corrected chi connectivity index (χ0v) is 26.9. The summed E-state index contributed by atoms with van der Waals surface area (Å²) in [5, 5.41) is 9.89. The molecule has 2 unspecified atom stereocenters. The highest BCUT2D eigenvalue weighted by Crippen LogP contribution is 2.53. The van der Waals surface area contributed by atoms with Crippen molar-refractivity contribution in [3.8, 4) is 24.7 Å². The zero-order chi connectivity index (χ0) is 32.8. The van der Waals surface area contributed by atoms with Crippen LogP contribution in [0.2, 0.25) is 0 Å². The van der Waals surface area contributed by atoms with Crippen LogP contribution in [0.4, 0.5) is 0 Å². The van der Waals surface area contributed by atoms with Gasteiger partial charge in [0.1, 0.15) is 24.4 Å². The lowest BCUT2D eigenvalue weighted by molar-refractivity contribution is -0.178. The Balaban J connectivity index is 2.31. The number of aromatic amines is 1. The second-order valence-electron chi connectivity index (χ2n) is 9.12. The highest BCUT2D eigenvalue weighted by Gasteiger charge is 2.53. The molecule has 1 saturated heterocycles. The van der Waals surface area contributed by atoms with Crippen molar-refractivity contribution >= 4 is 41.3 Å². The van der Waals surface area contributed by atoms with Crippen molar-refractivity contribution in [3.63, 3.8) is 0 Å². The Bertz CT molecular complexity index is 1340. The minimum atomic E-state index is -4.63. The molecule has 4 atom stereocenters. The number of H-pyrrole nitrogens is 1. The van der Waals surface area contributed by atoms with Crippen LogP contribution >= 0.6 is 29.4 Å². The molecule has 1 aliphatic rings. The smallest absolute Gasteiger partial charge is 0.452 e. The van der Waals surface area contributed by atoms with Crippen LogP contribution in [-0.4, -0.2) is 90.6 Å². The summed E-state index contributed by atoms with van der Waals surface area (Å²) < 4.78 is 52.2. The third-order valence-electron chi connectivity index (χ3n) is 5.98. The van der Waals surface area contributed by atoms with Gasteiger partial charge in [-0.2, -0.15) is 0 Å². The minimum Gasteiger partial charge on any atom is -0.452 e. The first kappa shape index (κ1) is 37.6. The summed E-state index contributed by atoms with van der Waals surface area (Å²) in [5.41, 5.74) is -3.49. The van der Waals surface area contributed by atoms with Crippen LogP contribution in [-0.2, 0) is 46.7 Å². The van der Waals surface area contributed by atoms with Crippen molar-refractivity contribution in [3.05, 3.63) is 32.6 Å². The number of nitrogens with one attached hydrogen (secondary N) is 1. The molecule has 2 heterocycles. The van der Waals surface area contributed by atoms with E-state index in [-0.39, 0.29) is 17.9 Å². The Hall–Kier alpha value is -2.57. The Kier molecular flexibility index (Phi) is 15.7. The van der Waals surface area contributed by atoms with Gasteiger partial charge in [-0.05, 0) is 13.3 Å². The standard InChI is InChI=1S/C26H35N2O13PS2/c1-6-9-37-23(31)26(24(32)38-10-7-2,15-36-17-44-43-11-8-3)16-39-42(34,35-5)41-19-12-21(40-20(19)14-29)28-13-18(4)22(30)27-25(28)33/h1-2,13,19-21,29H,8-12,14-17H2,3-5H3,(H,27,30,33)/t19?,20-,21-,42?/m1/s1. The largest absolute Gasteiger partial charge is 0.474 e. The number of nitrogens with zero attached hydrogens (tertiary/aromatic N) is 1. The monoisotopic (exact) mass is 678 g/mol. The Morgan fingerprint density at radius 3 is 2.43 bits per heavy atom. The van der Waals surface area contributed by atoms with E-state index >= 15 is 0 Å². The zero-order valence-electron chi connectivity index (χ0n) is 24.4. The van der Waals surface area contributed by atoms with E-state index in [1.807, 2.05) is 6.92 Å². The number of rotatable bonds is 19. The Labute approximate surface area is 262 Å². The maximum Gasteiger partial charge on any atom is 0.474 e. The van der Waals surface area contributed by atoms with Crippen molar-refractivity contribution in [2.45, 2.75) is 45.1 Å². The molecule has 0 spiro atoms. The average Bonchev–Trinajstić information content (AvgIpc) is 3.41. The van der Waals surface area contributed by atoms with Gasteiger partial charge in [-0.1, -0.05) is 40.4 Å². The number of aryl methyl sites for hydroxylation is 1. The summed E-state index contributed by atoms with van der Waals surface area (Å²) in [6.07, 6.45) is 9.16. The first-order valence-corrected chi connectivity index (χ1v) is 17.1. The second kappa shape index (κ2) is 18.4. The number of aliphatic hydroxyl groups excluding tert-OH is 1. The molecule has 2 N–H and O–H groups in total. The fourth-order valence-electron chi connectivity index (χ4n) is 3.71. The molecular formula is C26H35N2O13PS2. The number of carbonyl (C=O) groups is 2. The van der Waals surface area contributed by atoms with Crippen molar-refractivity contribution in [2.75, 3.05) is 51.8 Å². The lowest BCUT2D eigenvalue weighted by Crippen LogP contribution is -2.49. The molecule has 0 radical (unpaired) electrons. The van der Waals surface area contributed by atoms with Crippen molar-refractivity contribution in [1.29, 1.82) is 0 Å². The van der Waals surface area contributed by atoms with E-state index in [2.05, 4.69) is 16.8 Å². The van der Waals surface area contributed by atoms with Gasteiger partial charge in [0, 0.05) is 31.0 Å². The van der Waals surface area contributed by atoms with Gasteiger partial charge in [-0.25, -0.2) is 9.36 Å². The first-order valence-electron chi connectivity index (χ1n) is 13.1. The number of esters is 2. The van der Waals surface area contributed by atoms with Crippen molar-refractivity contribution in [1.82, 2.24) is 9.55 Å². The molecule has 1 aliphatic heterocycles. The van der Waals surface area contributed by atoms with Gasteiger partial charge in [-0.3, -0.25) is 37.5 Å². The summed E-state index contributed by atoms with van der Waals surface area (Å²) in [7, 11) is -0.795. The number of hydrogen-bond donors (Lipinski definition) is 2. The third-order valence-corrected chi connectivity index (χ3v) is 9.69. The average molecular weight is 679 g/mol. The highest BCUT2D eigenvalue weighted by molar-refractivity contribution is 8.76. The van der Waals surface area contributed by atoms with E-state index < -0.39 is 87.9 Å². The number of terminal acetylenes is 2. The summed E-state index contributed by atoms with van der Waals surface area (Å²) >= 11 is 0. The summed E-state index contributed by atoms with van der Waals surface area (Å²) in [5.74, 6) is 2.72. The maximum absolute atomic E-state index is 13.6. The van der Waals surface area contributed by atoms with Gasteiger partial charge in [0.05, 0.1) is 19.8 Å². The maximum atomic E-state index is 13.6. The quantitative estimate of drug-likeness (QED) is 0.0406. The summed E-state index contributed by atoms with van der Waals surface area (Å²) in [6, 6.07) is 0. The normalized spacial score (nSPS) is 19.5. The van der Waals surface area contributed by atoms with Gasteiger partial charge >= 0.3 is 25.5 Å². The molecule has 0 amide bonds. The van der Waals surface area contributed by atoms with E-state index in [0.29, 0.717) is 0 Å². The van der Waals surface area contributed by atoms with Gasteiger partial charge in [-0.15, -0.1) is 12.8 Å². The SMILES string of the molecule is C#CCOC(=O)C(COCSSCCC)(COP(=O)(OC)OC1C[C@H](n2cc(C)c(=O)[nH]c2=O)O[C@@H]1CO)C(=O)OCC#C. The van der Waals surface area contributed by atoms with Crippen LogP contribution < -0.4 is 11.2 Å². The lowest BCUT2D eigenvalue weighted by Gasteiger charge is -2.30. The van der Waals surface area contributed by atoms with Gasteiger partial charge < -0.3 is 24.1 Å². The van der Waals surface area contributed by atoms with Crippen molar-refractivity contribution in [2.24, 2.45) is 5.41 Å². The van der Waals surface area contributed by atoms with Crippen LogP contribution in [0.25, 0.3) is 0 Å². The molecule has 1 fully saturated rings. The molecule has 0 aliphatic carbocycles. The first-order chi connectivity index (χ1) is 21.0. The number of carbonyl (C=O) groups excluding carboxylic acids is 2. The van der Waals surface area contributed by atoms with E-state index in [4.69, 9.17) is 45.4 Å². The van der Waals surface area contributed by atoms with Gasteiger partial charge in [0.2, 0.25) is 5.41 Å². The van der Waals surface area contributed by atoms with E-state index in [0.717, 1.165) is 23.9 Å². The molecule has 0 saturated carbocycles. The molecule has 0 aromatic carbocycles. The summed E-state index contributed by atoms with van der Waals surface area (Å²) in [6.45, 7) is 0.236. The molecule has 15 nitrogen and oxygen atoms in total. The second-order valence-corrected chi connectivity index (χ2v) is 13.4. The van der Waals surface area contributed by atoms with E-state index in [1.165, 1.54) is 34.7 Å². The fraction of sp³-hybridized carbons (Fsp3) is 0.615. The third kappa shape index (κ3) is 10.2. The molecule has 1 aromatic heterocycles. The predicted molar refractivity (Wildman–Crippen MR) is 160 cm³/mol. The van der Waals surface area contributed by atoms with E-state index in [1.54, 1.807) is 0 Å². The van der Waals surface area contributed by atoms with Crippen LogP contribution in [0.15, 0.2) is 15.8 Å². The predicted octanol–water partition coefficient (Wildman–Crippen LogP) is 1.39. The molecule has 244 valence electrons. The number of aliphatic hydroxyl groups is 1. The minimum absolute atomic E-state index is 0.0538. The molecule has 0 bridgehead atoms. The molecule has 1 aromatic rings. The Morgan fingerprint density at radius 2 is 1.86 bits per heavy atom. The van der Waals surface area contributed by atoms with Crippen LogP contribution in [0.1, 0.15) is 31.6 Å². The number of phosphoric ester groups is 1. The fourth-order valence-corrected chi connectivity index (χ4v) is 6.66. The number of ether oxygens (including phenoxy) is 4. The highest BCUT2D eigenvalue weighted by atomic mass is 33.1. The van der Waals surface area contributed by atoms with Gasteiger partial charge in [0.25, 0.3) is 5.56 Å². The van der Waals surface area contributed by atoms with Crippen LogP contribution in [0.5, 0.6) is 0 Å². The number of hydrogen-bond acceptors (Lipinski definition) is 15. The molecular weight excluding hydrogens is 643 g/mol. The van der Waals surface area contributed by atoms with Crippen molar-refractivity contribution < 1.29 is 51.8 Å². The Morgan fingerprint density at radius 1 is 1.20 bits per heavy atom. The number of phosphoric acid groups is 1. The topological polar surface area (TPSA) is 191 Å². The van der Waals surface area contributed by atoms with E-state index in [9.17, 15) is 28.8 Å². The van der Waals surface area contributed by atoms with Crippen LogP contribution in [0, 0.1) is 37.0 Å².